The highest BCUT2D eigenvalue weighted by Crippen LogP contribution is 2.40. The van der Waals surface area contributed by atoms with Crippen LogP contribution < -0.4 is 13.9 Å². The Bertz CT molecular complexity index is 4200. The van der Waals surface area contributed by atoms with Gasteiger partial charge in [-0.25, -0.2) is 34.8 Å². The molecule has 0 aliphatic rings. The topological polar surface area (TPSA) is 273 Å². The number of hydrogen-bond acceptors (Lipinski definition) is 13. The lowest BCUT2D eigenvalue weighted by atomic mass is 10.0. The van der Waals surface area contributed by atoms with Crippen LogP contribution in [0.2, 0.25) is 0 Å². The van der Waals surface area contributed by atoms with Crippen LogP contribution in [0.3, 0.4) is 0 Å². The minimum Gasteiger partial charge on any atom is -0.507 e. The van der Waals surface area contributed by atoms with Crippen molar-refractivity contribution in [1.29, 1.82) is 0 Å². The number of nitrogens with one attached hydrogen (secondary N) is 1. The van der Waals surface area contributed by atoms with Gasteiger partial charge in [-0.05, 0) is 116 Å². The van der Waals surface area contributed by atoms with Gasteiger partial charge >= 0.3 is 11.9 Å². The predicted octanol–water partition coefficient (Wildman–Crippen LogP) is 15.9. The number of nitrogens with zero attached hydrogens (tertiary/aromatic N) is 2. The zero-order chi connectivity index (χ0) is 65.2. The van der Waals surface area contributed by atoms with Gasteiger partial charge in [0.05, 0.1) is 31.6 Å². The lowest BCUT2D eigenvalue weighted by molar-refractivity contribution is 0.0682. The van der Waals surface area contributed by atoms with Gasteiger partial charge in [0.1, 0.15) is 28.4 Å². The number of aromatic hydroxyl groups is 3. The second-order valence-corrected chi connectivity index (χ2v) is 30.1. The Morgan fingerprint density at radius 1 is 0.455 bits per heavy atom. The van der Waals surface area contributed by atoms with Crippen molar-refractivity contribution in [3.63, 3.8) is 0 Å². The molecule has 0 saturated carbocycles. The maximum absolute atomic E-state index is 13.8. The number of Topliss-reactive ketones (excluding diaryl/α,β-unsaturated/α-hetero) is 1. The maximum Gasteiger partial charge on any atom is 0.339 e. The van der Waals surface area contributed by atoms with E-state index in [1.165, 1.54) is 45.5 Å². The molecule has 0 aliphatic carbocycles. The third kappa shape index (κ3) is 17.1. The average Bonchev–Trinajstić information content (AvgIpc) is 1.11. The number of carbonyl (C=O) groups excluding carboxylic acids is 1. The van der Waals surface area contributed by atoms with E-state index in [4.69, 9.17) is 15.8 Å². The fraction of sp³-hybridized carbons (Fsp3) is 0.203. The molecule has 0 fully saturated rings. The van der Waals surface area contributed by atoms with Crippen LogP contribution in [0.4, 0.5) is 17.1 Å². The first-order valence-electron chi connectivity index (χ1n) is 27.0. The monoisotopic (exact) mass is 1470 g/mol. The molecule has 0 aliphatic heterocycles. The van der Waals surface area contributed by atoms with E-state index in [2.05, 4.69) is 79.1 Å². The normalized spacial score (nSPS) is 11.5. The smallest absolute Gasteiger partial charge is 0.339 e. The number of phenols is 3. The summed E-state index contributed by atoms with van der Waals surface area (Å²) in [6.07, 6.45) is 0. The highest BCUT2D eigenvalue weighted by atomic mass is 79.9. The molecule has 9 rings (SSSR count). The summed E-state index contributed by atoms with van der Waals surface area (Å²) in [4.78, 5) is 34.1. The molecule has 0 unspecified atom stereocenters. The maximum atomic E-state index is 13.8. The highest BCUT2D eigenvalue weighted by molar-refractivity contribution is 9.11. The van der Waals surface area contributed by atoms with Crippen molar-refractivity contribution >= 4 is 155 Å². The van der Waals surface area contributed by atoms with Crippen molar-refractivity contribution in [2.45, 2.75) is 63.2 Å². The number of carboxylic acids is 2. The van der Waals surface area contributed by atoms with Crippen molar-refractivity contribution in [3.8, 4) is 17.2 Å². The zero-order valence-corrected chi connectivity index (χ0v) is 56.4. The number of anilines is 3. The number of hydrogen-bond donors (Lipinski definition) is 6. The van der Waals surface area contributed by atoms with Gasteiger partial charge < -0.3 is 30.8 Å². The lowest BCUT2D eigenvalue weighted by Crippen LogP contribution is -2.34. The first kappa shape index (κ1) is 69.8. The molecule has 0 heterocycles. The second-order valence-electron chi connectivity index (χ2n) is 21.1. The molecule has 0 amide bonds. The van der Waals surface area contributed by atoms with Crippen LogP contribution in [0.5, 0.6) is 17.2 Å². The van der Waals surface area contributed by atoms with Gasteiger partial charge in [-0.3, -0.25) is 13.4 Å². The Morgan fingerprint density at radius 3 is 1.06 bits per heavy atom. The first-order valence-corrected chi connectivity index (χ1v) is 34.5. The lowest BCUT2D eigenvalue weighted by Gasteiger charge is -2.27. The minimum absolute atomic E-state index is 0.000307. The van der Waals surface area contributed by atoms with E-state index < -0.39 is 69.4 Å². The van der Waals surface area contributed by atoms with E-state index >= 15 is 0 Å². The quantitative estimate of drug-likeness (QED) is 0.0365. The Kier molecular flexibility index (Phi) is 23.7. The van der Waals surface area contributed by atoms with Crippen LogP contribution in [0.25, 0.3) is 32.3 Å². The summed E-state index contributed by atoms with van der Waals surface area (Å²) < 4.78 is 83.2. The molecular formula is C64H63Br3ClN3O14S3. The minimum atomic E-state index is -4.12. The van der Waals surface area contributed by atoms with Crippen LogP contribution in [0, 0.1) is 17.8 Å². The van der Waals surface area contributed by atoms with Gasteiger partial charge in [0.25, 0.3) is 29.1 Å². The second kappa shape index (κ2) is 29.8. The molecule has 0 bridgehead atoms. The van der Waals surface area contributed by atoms with Crippen LogP contribution in [0.15, 0.2) is 192 Å². The Hall–Kier alpha value is -7.25. The molecule has 0 radical (unpaired) electrons. The van der Waals surface area contributed by atoms with Gasteiger partial charge in [0.15, 0.2) is 5.78 Å². The summed E-state index contributed by atoms with van der Waals surface area (Å²) in [6, 6.07) is 44.3. The van der Waals surface area contributed by atoms with E-state index in [-0.39, 0.29) is 72.5 Å². The van der Waals surface area contributed by atoms with Gasteiger partial charge in [-0.1, -0.05) is 162 Å². The number of aromatic carboxylic acids is 2. The third-order valence-corrected chi connectivity index (χ3v) is 19.6. The van der Waals surface area contributed by atoms with Crippen molar-refractivity contribution in [2.75, 3.05) is 33.6 Å². The number of carboxylic acid groups (broad SMARTS) is 2. The summed E-state index contributed by atoms with van der Waals surface area (Å²) in [5.41, 5.74) is 1.21. The number of ketones is 1. The van der Waals surface area contributed by atoms with E-state index in [0.29, 0.717) is 28.1 Å². The van der Waals surface area contributed by atoms with Crippen molar-refractivity contribution in [1.82, 2.24) is 0 Å². The zero-order valence-electron chi connectivity index (χ0n) is 48.5. The van der Waals surface area contributed by atoms with Crippen LogP contribution in [-0.2, 0) is 29.1 Å². The fourth-order valence-corrected chi connectivity index (χ4v) is 14.5. The predicted molar refractivity (Wildman–Crippen MR) is 358 cm³/mol. The molecule has 9 aromatic carbocycles. The van der Waals surface area contributed by atoms with Gasteiger partial charge in [-0.15, -0.1) is 0 Å². The van der Waals surface area contributed by atoms with Crippen LogP contribution in [0.1, 0.15) is 79.5 Å². The van der Waals surface area contributed by atoms with Gasteiger partial charge in [-0.2, -0.15) is 0 Å². The number of rotatable bonds is 17. The first-order chi connectivity index (χ1) is 41.2. The van der Waals surface area contributed by atoms with Crippen molar-refractivity contribution < 1.29 is 65.2 Å². The van der Waals surface area contributed by atoms with Crippen molar-refractivity contribution in [2.24, 2.45) is 17.8 Å². The summed E-state index contributed by atoms with van der Waals surface area (Å²) in [5.74, 6) is -3.58. The fourth-order valence-electron chi connectivity index (χ4n) is 8.89. The summed E-state index contributed by atoms with van der Waals surface area (Å²) in [5, 5.41) is 53.8. The van der Waals surface area contributed by atoms with Gasteiger partial charge in [0, 0.05) is 81.7 Å². The Balaban J connectivity index is 0.000000197. The molecule has 0 spiro atoms. The number of benzene rings is 9. The number of halogens is 4. The number of phenolic OH excluding ortho intramolecular Hbond substituents is 1. The third-order valence-electron chi connectivity index (χ3n) is 13.0. The molecule has 17 nitrogen and oxygen atoms in total. The molecule has 0 saturated heterocycles. The summed E-state index contributed by atoms with van der Waals surface area (Å²) >= 11 is 10.1. The SMILES string of the molecule is CC(=O)c1cc(S(=O)(=O)N(CC(C)C)c2ccc(Br)cc2)c2ccccc2c1O.CC(C)CN(c1ccc(Br)cc1)S(=O)(=O)c1cc(C(=O)O)c(O)c2ccccc12.CC(C)CNc1ccc(Br)cc1.O=C(O)c1cc(S(=O)(=O)Cl)c2ccccc2c1O. The number of sulfonamides is 2. The Morgan fingerprint density at radius 2 is 0.750 bits per heavy atom. The standard InChI is InChI=1S/C22H22BrNO4S.C21H20BrNO5S.C11H7ClO5S.C10H14BrN/c1-14(2)13-24(17-10-8-16(23)9-11-17)29(27,28)21-12-20(15(3)25)22(26)19-7-5-4-6-18(19)21;1-13(2)12-23(15-9-7-14(22)8-10-15)29(27,28)19-11-18(21(25)26)20(24)17-6-4-3-5-16(17)19;12-18(16,17)9-5-8(11(14)15)10(13)7-4-2-1-3-6(7)9;1-8(2)7-12-10-5-3-9(11)4-6-10/h4-12,14,26H,13H2,1-3H3;3-11,13,24H,12H2,1-2H3,(H,25,26);1-5,13H,(H,14,15);3-6,8,12H,7H2,1-2H3. The molecule has 24 heteroatoms. The number of fused-ring (bicyclic) bond motifs is 3. The molecule has 464 valence electrons. The molecule has 0 aromatic heterocycles. The summed E-state index contributed by atoms with van der Waals surface area (Å²) in [7, 11) is -6.96. The van der Waals surface area contributed by atoms with E-state index in [9.17, 15) is 60.1 Å². The van der Waals surface area contributed by atoms with E-state index in [1.807, 2.05) is 39.8 Å². The number of carbonyl (C=O) groups is 3. The largest absolute Gasteiger partial charge is 0.507 e. The molecule has 88 heavy (non-hydrogen) atoms. The molecular weight excluding hydrogens is 1410 g/mol. The highest BCUT2D eigenvalue weighted by Gasteiger charge is 2.32. The van der Waals surface area contributed by atoms with Crippen LogP contribution >= 0.6 is 58.5 Å². The molecule has 9 aromatic rings. The molecule has 6 N–H and O–H groups in total. The van der Waals surface area contributed by atoms with E-state index in [1.54, 1.807) is 103 Å². The summed E-state index contributed by atoms with van der Waals surface area (Å²) in [6.45, 7) is 14.9. The molecule has 0 atom stereocenters. The van der Waals surface area contributed by atoms with E-state index in [0.717, 1.165) is 32.1 Å². The van der Waals surface area contributed by atoms with Gasteiger partial charge in [0.2, 0.25) is 0 Å². The van der Waals surface area contributed by atoms with Crippen LogP contribution in [-0.4, -0.2) is 88.1 Å². The average molecular weight is 1470 g/mol. The Labute approximate surface area is 541 Å². The van der Waals surface area contributed by atoms with Crippen molar-refractivity contribution in [3.05, 3.63) is 194 Å².